The van der Waals surface area contributed by atoms with Crippen molar-refractivity contribution in [1.82, 2.24) is 0 Å². The zero-order valence-electron chi connectivity index (χ0n) is 9.60. The molecule has 0 unspecified atom stereocenters. The second-order valence-corrected chi connectivity index (χ2v) is 4.84. The molecule has 0 aliphatic carbocycles. The highest BCUT2D eigenvalue weighted by atomic mass is 79.9. The van der Waals surface area contributed by atoms with Crippen LogP contribution in [0.4, 0.5) is 14.5 Å². The van der Waals surface area contributed by atoms with E-state index in [2.05, 4.69) is 26.2 Å². The summed E-state index contributed by atoms with van der Waals surface area (Å²) in [5.41, 5.74) is 5.67. The zero-order chi connectivity index (χ0) is 13.0. The monoisotopic (exact) mass is 305 g/mol. The molecule has 1 aromatic carbocycles. The average Bonchev–Trinajstić information content (AvgIpc) is 2.20. The van der Waals surface area contributed by atoms with Gasteiger partial charge < -0.3 is 11.1 Å². The van der Waals surface area contributed by atoms with Gasteiger partial charge in [-0.3, -0.25) is 4.99 Å². The van der Waals surface area contributed by atoms with Gasteiger partial charge in [0.2, 0.25) is 0 Å². The van der Waals surface area contributed by atoms with Crippen LogP contribution in [0.15, 0.2) is 21.6 Å². The molecule has 0 saturated heterocycles. The van der Waals surface area contributed by atoms with E-state index in [0.717, 1.165) is 12.1 Å². The lowest BCUT2D eigenvalue weighted by Gasteiger charge is -2.09. The number of aliphatic imine (C=N–C) groups is 1. The number of nitrogens with one attached hydrogen (secondary N) is 1. The fraction of sp³-hybridized carbons (Fsp3) is 0.364. The third kappa shape index (κ3) is 4.30. The number of rotatable bonds is 3. The van der Waals surface area contributed by atoms with E-state index in [-0.39, 0.29) is 16.1 Å². The Morgan fingerprint density at radius 2 is 2.12 bits per heavy atom. The second-order valence-electron chi connectivity index (χ2n) is 3.99. The third-order valence-electron chi connectivity index (χ3n) is 1.89. The Bertz CT molecular complexity index is 410. The van der Waals surface area contributed by atoms with Crippen molar-refractivity contribution in [1.29, 1.82) is 0 Å². The molecule has 0 aliphatic rings. The normalized spacial score (nSPS) is 12.0. The average molecular weight is 306 g/mol. The summed E-state index contributed by atoms with van der Waals surface area (Å²) in [6, 6.07) is 1.93. The summed E-state index contributed by atoms with van der Waals surface area (Å²) < 4.78 is 26.5. The maximum atomic E-state index is 13.4. The molecule has 1 rings (SSSR count). The standard InChI is InChI=1S/C11H14BrF2N3/c1-6(2)5-16-11(15)17-10-8(12)3-7(13)4-9(10)14/h3-4,6H,5H2,1-2H3,(H3,15,16,17). The van der Waals surface area contributed by atoms with E-state index in [4.69, 9.17) is 5.73 Å². The van der Waals surface area contributed by atoms with Crippen LogP contribution in [0.2, 0.25) is 0 Å². The second kappa shape index (κ2) is 5.95. The number of benzene rings is 1. The van der Waals surface area contributed by atoms with Gasteiger partial charge in [0.1, 0.15) is 5.82 Å². The van der Waals surface area contributed by atoms with Crippen LogP contribution in [0.5, 0.6) is 0 Å². The maximum Gasteiger partial charge on any atom is 0.193 e. The van der Waals surface area contributed by atoms with Crippen LogP contribution >= 0.6 is 15.9 Å². The van der Waals surface area contributed by atoms with Gasteiger partial charge in [-0.2, -0.15) is 0 Å². The van der Waals surface area contributed by atoms with E-state index in [1.807, 2.05) is 13.8 Å². The zero-order valence-corrected chi connectivity index (χ0v) is 11.2. The predicted octanol–water partition coefficient (Wildman–Crippen LogP) is 3.11. The summed E-state index contributed by atoms with van der Waals surface area (Å²) in [5.74, 6) is -0.918. The number of nitrogens with zero attached hydrogens (tertiary/aromatic N) is 1. The molecule has 0 atom stereocenters. The first kappa shape index (κ1) is 13.9. The van der Waals surface area contributed by atoms with Gasteiger partial charge in [-0.05, 0) is 27.9 Å². The molecule has 0 amide bonds. The highest BCUT2D eigenvalue weighted by Crippen LogP contribution is 2.26. The third-order valence-corrected chi connectivity index (χ3v) is 2.51. The van der Waals surface area contributed by atoms with Gasteiger partial charge in [0.05, 0.1) is 5.69 Å². The molecule has 0 aliphatic heterocycles. The molecule has 0 radical (unpaired) electrons. The van der Waals surface area contributed by atoms with Crippen molar-refractivity contribution >= 4 is 27.6 Å². The van der Waals surface area contributed by atoms with E-state index in [9.17, 15) is 8.78 Å². The molecule has 0 heterocycles. The van der Waals surface area contributed by atoms with E-state index in [1.54, 1.807) is 0 Å². The molecule has 0 aromatic heterocycles. The molecule has 6 heteroatoms. The lowest BCUT2D eigenvalue weighted by atomic mass is 10.2. The van der Waals surface area contributed by atoms with Crippen LogP contribution in [0.1, 0.15) is 13.8 Å². The summed E-state index contributed by atoms with van der Waals surface area (Å²) in [4.78, 5) is 4.03. The van der Waals surface area contributed by atoms with Crippen LogP contribution in [-0.2, 0) is 0 Å². The van der Waals surface area contributed by atoms with Gasteiger partial charge in [-0.15, -0.1) is 0 Å². The van der Waals surface area contributed by atoms with Crippen molar-refractivity contribution in [3.63, 3.8) is 0 Å². The number of anilines is 1. The summed E-state index contributed by atoms with van der Waals surface area (Å²) in [7, 11) is 0. The predicted molar refractivity (Wildman–Crippen MR) is 69.0 cm³/mol. The highest BCUT2D eigenvalue weighted by Gasteiger charge is 2.10. The van der Waals surface area contributed by atoms with E-state index in [0.29, 0.717) is 12.5 Å². The van der Waals surface area contributed by atoms with Gasteiger partial charge in [0.15, 0.2) is 11.8 Å². The molecule has 17 heavy (non-hydrogen) atoms. The molecule has 0 fully saturated rings. The minimum atomic E-state index is -0.723. The van der Waals surface area contributed by atoms with Crippen LogP contribution in [0, 0.1) is 17.6 Å². The van der Waals surface area contributed by atoms with Crippen LogP contribution in [-0.4, -0.2) is 12.5 Å². The minimum Gasteiger partial charge on any atom is -0.370 e. The van der Waals surface area contributed by atoms with Crippen molar-refractivity contribution < 1.29 is 8.78 Å². The topological polar surface area (TPSA) is 50.4 Å². The van der Waals surface area contributed by atoms with Crippen LogP contribution < -0.4 is 11.1 Å². The van der Waals surface area contributed by atoms with Crippen molar-refractivity contribution in [2.75, 3.05) is 11.9 Å². The van der Waals surface area contributed by atoms with Crippen LogP contribution in [0.25, 0.3) is 0 Å². The summed E-state index contributed by atoms with van der Waals surface area (Å²) >= 11 is 3.05. The Hall–Kier alpha value is -1.17. The SMILES string of the molecule is CC(C)CN=C(N)Nc1c(F)cc(F)cc1Br. The van der Waals surface area contributed by atoms with Crippen molar-refractivity contribution in [2.24, 2.45) is 16.6 Å². The fourth-order valence-corrected chi connectivity index (χ4v) is 1.62. The fourth-order valence-electron chi connectivity index (χ4n) is 1.11. The van der Waals surface area contributed by atoms with Gasteiger partial charge in [0.25, 0.3) is 0 Å². The van der Waals surface area contributed by atoms with Crippen molar-refractivity contribution in [2.45, 2.75) is 13.8 Å². The molecule has 0 saturated carbocycles. The highest BCUT2D eigenvalue weighted by molar-refractivity contribution is 9.10. The Morgan fingerprint density at radius 1 is 1.47 bits per heavy atom. The Labute approximate surface area is 107 Å². The quantitative estimate of drug-likeness (QED) is 0.666. The Kier molecular flexibility index (Phi) is 4.86. The summed E-state index contributed by atoms with van der Waals surface area (Å²) in [6.45, 7) is 4.52. The molecule has 3 N–H and O–H groups in total. The number of guanidine groups is 1. The molecule has 1 aromatic rings. The van der Waals surface area contributed by atoms with Gasteiger partial charge >= 0.3 is 0 Å². The molecule has 94 valence electrons. The smallest absolute Gasteiger partial charge is 0.193 e. The van der Waals surface area contributed by atoms with E-state index < -0.39 is 11.6 Å². The molecule has 0 bridgehead atoms. The largest absolute Gasteiger partial charge is 0.370 e. The van der Waals surface area contributed by atoms with Gasteiger partial charge in [0, 0.05) is 17.1 Å². The Morgan fingerprint density at radius 3 is 2.65 bits per heavy atom. The first-order valence-corrected chi connectivity index (χ1v) is 5.91. The molecular weight excluding hydrogens is 292 g/mol. The maximum absolute atomic E-state index is 13.4. The lowest BCUT2D eigenvalue weighted by Crippen LogP contribution is -2.24. The van der Waals surface area contributed by atoms with E-state index in [1.165, 1.54) is 0 Å². The summed E-state index contributed by atoms with van der Waals surface area (Å²) in [6.07, 6.45) is 0. The van der Waals surface area contributed by atoms with Gasteiger partial charge in [-0.25, -0.2) is 8.78 Å². The number of nitrogens with two attached hydrogens (primary N) is 1. The molecule has 3 nitrogen and oxygen atoms in total. The van der Waals surface area contributed by atoms with E-state index >= 15 is 0 Å². The lowest BCUT2D eigenvalue weighted by molar-refractivity contribution is 0.585. The van der Waals surface area contributed by atoms with Crippen LogP contribution in [0.3, 0.4) is 0 Å². The summed E-state index contributed by atoms with van der Waals surface area (Å²) in [5, 5.41) is 2.60. The van der Waals surface area contributed by atoms with Crippen molar-refractivity contribution in [3.8, 4) is 0 Å². The number of halogens is 3. The Balaban J connectivity index is 2.85. The molecular formula is C11H14BrF2N3. The first-order valence-electron chi connectivity index (χ1n) is 5.11. The van der Waals surface area contributed by atoms with Gasteiger partial charge in [-0.1, -0.05) is 13.8 Å². The first-order chi connectivity index (χ1) is 7.90. The number of hydrogen-bond donors (Lipinski definition) is 2. The van der Waals surface area contributed by atoms with Crippen molar-refractivity contribution in [3.05, 3.63) is 28.2 Å². The minimum absolute atomic E-state index is 0.0800. The number of hydrogen-bond acceptors (Lipinski definition) is 1. The molecule has 0 spiro atoms.